The zero-order valence-corrected chi connectivity index (χ0v) is 20.4. The molecule has 0 aliphatic carbocycles. The molecule has 4 rings (SSSR count). The largest absolute Gasteiger partial charge is 0.463 e. The van der Waals surface area contributed by atoms with Gasteiger partial charge in [-0.15, -0.1) is 0 Å². The van der Waals surface area contributed by atoms with E-state index in [1.165, 1.54) is 11.3 Å². The highest BCUT2D eigenvalue weighted by atomic mass is 127. The molecule has 1 aliphatic rings. The Labute approximate surface area is 197 Å². The fourth-order valence-corrected chi connectivity index (χ4v) is 5.22. The van der Waals surface area contributed by atoms with Crippen molar-refractivity contribution in [2.45, 2.75) is 26.8 Å². The predicted molar refractivity (Wildman–Crippen MR) is 131 cm³/mol. The molecule has 158 valence electrons. The van der Waals surface area contributed by atoms with E-state index in [0.717, 1.165) is 20.3 Å². The van der Waals surface area contributed by atoms with Gasteiger partial charge in [0.05, 0.1) is 28.5 Å². The number of aromatic nitrogens is 1. The SMILES string of the molecule is CCOC(=O)C1=C(C)N=c2s/c(=C/c3cccc(I)c3)c(=O)n2[C@H]1c1ccc(C)cc1. The van der Waals surface area contributed by atoms with E-state index in [1.54, 1.807) is 18.4 Å². The number of ether oxygens (including phenoxy) is 1. The van der Waals surface area contributed by atoms with E-state index in [-0.39, 0.29) is 12.2 Å². The average molecular weight is 544 g/mol. The second kappa shape index (κ2) is 8.92. The molecule has 0 N–H and O–H groups in total. The molecule has 0 fully saturated rings. The van der Waals surface area contributed by atoms with Gasteiger partial charge in [-0.3, -0.25) is 9.36 Å². The van der Waals surface area contributed by atoms with E-state index in [2.05, 4.69) is 27.6 Å². The highest BCUT2D eigenvalue weighted by molar-refractivity contribution is 14.1. The second-order valence-corrected chi connectivity index (χ2v) is 9.52. The van der Waals surface area contributed by atoms with Crippen LogP contribution in [0.2, 0.25) is 0 Å². The molecule has 1 aliphatic heterocycles. The summed E-state index contributed by atoms with van der Waals surface area (Å²) in [6, 6.07) is 15.2. The maximum Gasteiger partial charge on any atom is 0.338 e. The van der Waals surface area contributed by atoms with Gasteiger partial charge in [0.1, 0.15) is 0 Å². The summed E-state index contributed by atoms with van der Waals surface area (Å²) in [7, 11) is 0. The van der Waals surface area contributed by atoms with E-state index in [4.69, 9.17) is 4.74 Å². The minimum atomic E-state index is -0.575. The summed E-state index contributed by atoms with van der Waals surface area (Å²) in [6.45, 7) is 5.83. The van der Waals surface area contributed by atoms with E-state index in [0.29, 0.717) is 20.6 Å². The molecule has 0 saturated heterocycles. The molecule has 0 saturated carbocycles. The third-order valence-corrected chi connectivity index (χ3v) is 6.71. The molecule has 31 heavy (non-hydrogen) atoms. The van der Waals surface area contributed by atoms with E-state index in [9.17, 15) is 9.59 Å². The maximum atomic E-state index is 13.5. The van der Waals surface area contributed by atoms with Crippen LogP contribution in [0.5, 0.6) is 0 Å². The molecule has 3 aromatic rings. The number of esters is 1. The number of allylic oxidation sites excluding steroid dienone is 1. The molecule has 0 spiro atoms. The van der Waals surface area contributed by atoms with Gasteiger partial charge in [-0.25, -0.2) is 9.79 Å². The van der Waals surface area contributed by atoms with Crippen LogP contribution in [-0.4, -0.2) is 17.1 Å². The number of nitrogens with zero attached hydrogens (tertiary/aromatic N) is 2. The summed E-state index contributed by atoms with van der Waals surface area (Å²) >= 11 is 3.59. The van der Waals surface area contributed by atoms with Gasteiger partial charge in [0.25, 0.3) is 5.56 Å². The number of aryl methyl sites for hydroxylation is 1. The van der Waals surface area contributed by atoms with Crippen LogP contribution < -0.4 is 14.9 Å². The highest BCUT2D eigenvalue weighted by Crippen LogP contribution is 2.30. The minimum Gasteiger partial charge on any atom is -0.463 e. The fraction of sp³-hybridized carbons (Fsp3) is 0.208. The van der Waals surface area contributed by atoms with Crippen LogP contribution in [-0.2, 0) is 9.53 Å². The Balaban J connectivity index is 1.96. The quantitative estimate of drug-likeness (QED) is 0.372. The number of carbonyl (C=O) groups excluding carboxylic acids is 1. The molecule has 0 radical (unpaired) electrons. The van der Waals surface area contributed by atoms with Gasteiger partial charge in [0, 0.05) is 3.57 Å². The average Bonchev–Trinajstić information content (AvgIpc) is 3.02. The molecule has 7 heteroatoms. The van der Waals surface area contributed by atoms with Crippen LogP contribution in [0.3, 0.4) is 0 Å². The third-order valence-electron chi connectivity index (χ3n) is 5.06. The van der Waals surface area contributed by atoms with Crippen LogP contribution in [0.15, 0.2) is 69.6 Å². The van der Waals surface area contributed by atoms with E-state index < -0.39 is 12.0 Å². The Morgan fingerprint density at radius 1 is 1.23 bits per heavy atom. The molecular formula is C24H21IN2O3S. The normalized spacial score (nSPS) is 16.1. The van der Waals surface area contributed by atoms with Crippen molar-refractivity contribution in [3.8, 4) is 0 Å². The molecule has 0 unspecified atom stereocenters. The Kier molecular flexibility index (Phi) is 6.24. The molecule has 2 aromatic carbocycles. The van der Waals surface area contributed by atoms with Crippen LogP contribution in [0.1, 0.15) is 36.6 Å². The lowest BCUT2D eigenvalue weighted by Crippen LogP contribution is -2.39. The van der Waals surface area contributed by atoms with Gasteiger partial charge in [-0.2, -0.15) is 0 Å². The first-order valence-corrected chi connectivity index (χ1v) is 11.8. The lowest BCUT2D eigenvalue weighted by molar-refractivity contribution is -0.139. The molecule has 1 aromatic heterocycles. The van der Waals surface area contributed by atoms with Crippen molar-refractivity contribution in [2.75, 3.05) is 6.61 Å². The number of hydrogen-bond donors (Lipinski definition) is 0. The number of fused-ring (bicyclic) bond motifs is 1. The van der Waals surface area contributed by atoms with E-state index in [1.807, 2.05) is 61.5 Å². The summed E-state index contributed by atoms with van der Waals surface area (Å²) in [5, 5.41) is 0. The van der Waals surface area contributed by atoms with Crippen molar-refractivity contribution in [3.05, 3.63) is 99.7 Å². The van der Waals surface area contributed by atoms with Crippen molar-refractivity contribution in [1.82, 2.24) is 4.57 Å². The smallest absolute Gasteiger partial charge is 0.338 e. The zero-order valence-electron chi connectivity index (χ0n) is 17.4. The van der Waals surface area contributed by atoms with Gasteiger partial charge in [0.2, 0.25) is 0 Å². The summed E-state index contributed by atoms with van der Waals surface area (Å²) in [4.78, 5) is 31.5. The molecule has 0 amide bonds. The Morgan fingerprint density at radius 3 is 2.65 bits per heavy atom. The second-order valence-electron chi connectivity index (χ2n) is 7.27. The Hall–Kier alpha value is -2.52. The molecule has 0 bridgehead atoms. The monoisotopic (exact) mass is 544 g/mol. The first kappa shape index (κ1) is 21.7. The van der Waals surface area contributed by atoms with Gasteiger partial charge < -0.3 is 4.74 Å². The first-order valence-electron chi connectivity index (χ1n) is 9.91. The van der Waals surface area contributed by atoms with Crippen LogP contribution in [0, 0.1) is 10.5 Å². The lowest BCUT2D eigenvalue weighted by atomic mass is 9.95. The van der Waals surface area contributed by atoms with Gasteiger partial charge in [0.15, 0.2) is 4.80 Å². The summed E-state index contributed by atoms with van der Waals surface area (Å²) in [5.74, 6) is -0.443. The lowest BCUT2D eigenvalue weighted by Gasteiger charge is -2.24. The van der Waals surface area contributed by atoms with Crippen LogP contribution in [0.25, 0.3) is 6.08 Å². The molecular weight excluding hydrogens is 523 g/mol. The summed E-state index contributed by atoms with van der Waals surface area (Å²) in [5.41, 5.74) is 3.72. The summed E-state index contributed by atoms with van der Waals surface area (Å²) < 4.78 is 8.61. The van der Waals surface area contributed by atoms with E-state index >= 15 is 0 Å². The van der Waals surface area contributed by atoms with Crippen molar-refractivity contribution in [2.24, 2.45) is 4.99 Å². The molecule has 2 heterocycles. The number of hydrogen-bond acceptors (Lipinski definition) is 5. The van der Waals surface area contributed by atoms with Crippen molar-refractivity contribution in [3.63, 3.8) is 0 Å². The van der Waals surface area contributed by atoms with Crippen LogP contribution >= 0.6 is 33.9 Å². The molecule has 1 atom stereocenters. The number of thiazole rings is 1. The standard InChI is InChI=1S/C24H21IN2O3S/c1-4-30-23(29)20-15(3)26-24-27(21(20)17-10-8-14(2)9-11-17)22(28)19(31-24)13-16-6-5-7-18(25)12-16/h5-13,21H,4H2,1-3H3/b19-13+/t21-/m0/s1. The number of rotatable bonds is 4. The Morgan fingerprint density at radius 2 is 1.97 bits per heavy atom. The predicted octanol–water partition coefficient (Wildman–Crippen LogP) is 3.71. The zero-order chi connectivity index (χ0) is 22.1. The van der Waals surface area contributed by atoms with Gasteiger partial charge in [-0.05, 0) is 72.7 Å². The van der Waals surface area contributed by atoms with Gasteiger partial charge in [-0.1, -0.05) is 53.3 Å². The first-order chi connectivity index (χ1) is 14.9. The third kappa shape index (κ3) is 4.29. The number of halogens is 1. The van der Waals surface area contributed by atoms with Crippen molar-refractivity contribution >= 4 is 46.0 Å². The Bertz CT molecular complexity index is 1370. The highest BCUT2D eigenvalue weighted by Gasteiger charge is 2.33. The van der Waals surface area contributed by atoms with Crippen molar-refractivity contribution < 1.29 is 9.53 Å². The van der Waals surface area contributed by atoms with Gasteiger partial charge >= 0.3 is 5.97 Å². The number of carbonyl (C=O) groups is 1. The molecule has 5 nitrogen and oxygen atoms in total. The van der Waals surface area contributed by atoms with Crippen LogP contribution in [0.4, 0.5) is 0 Å². The summed E-state index contributed by atoms with van der Waals surface area (Å²) in [6.07, 6.45) is 1.88. The maximum absolute atomic E-state index is 13.5. The number of benzene rings is 2. The topological polar surface area (TPSA) is 60.7 Å². The fourth-order valence-electron chi connectivity index (χ4n) is 3.60. The van der Waals surface area contributed by atoms with Crippen molar-refractivity contribution in [1.29, 1.82) is 0 Å². The minimum absolute atomic E-state index is 0.164.